The summed E-state index contributed by atoms with van der Waals surface area (Å²) in [5, 5.41) is 29.7. The number of halogens is 1. The molecule has 0 unspecified atom stereocenters. The summed E-state index contributed by atoms with van der Waals surface area (Å²) in [7, 11) is 0. The molecule has 3 aromatic heterocycles. The van der Waals surface area contributed by atoms with Gasteiger partial charge < -0.3 is 20.4 Å². The van der Waals surface area contributed by atoms with E-state index in [1.54, 1.807) is 38.4 Å². The average Bonchev–Trinajstić information content (AvgIpc) is 3.39. The highest BCUT2D eigenvalue weighted by Gasteiger charge is 2.73. The van der Waals surface area contributed by atoms with Crippen LogP contribution in [0.2, 0.25) is 0 Å². The van der Waals surface area contributed by atoms with Gasteiger partial charge in [0.1, 0.15) is 28.5 Å². The van der Waals surface area contributed by atoms with Crippen LogP contribution in [-0.2, 0) is 16.1 Å². The fourth-order valence-electron chi connectivity index (χ4n) is 6.16. The van der Waals surface area contributed by atoms with E-state index in [2.05, 4.69) is 41.3 Å². The number of nitrogens with zero attached hydrogens (tertiary/aromatic N) is 6. The summed E-state index contributed by atoms with van der Waals surface area (Å²) in [5.74, 6) is -0.775. The maximum absolute atomic E-state index is 14.0. The fourth-order valence-corrected chi connectivity index (χ4v) is 6.47. The zero-order chi connectivity index (χ0) is 30.8. The van der Waals surface area contributed by atoms with E-state index in [9.17, 15) is 24.6 Å². The minimum atomic E-state index is -2.22. The number of likely N-dealkylation sites (tertiary alicyclic amines) is 1. The number of nitrogens with one attached hydrogen (secondary N) is 1. The van der Waals surface area contributed by atoms with Crippen LogP contribution >= 0.6 is 15.9 Å². The van der Waals surface area contributed by atoms with Gasteiger partial charge in [-0.05, 0) is 78.0 Å². The van der Waals surface area contributed by atoms with Crippen LogP contribution in [0.1, 0.15) is 47.2 Å². The van der Waals surface area contributed by atoms with Crippen LogP contribution in [0.25, 0.3) is 22.0 Å². The largest absolute Gasteiger partial charge is 0.396 e. The van der Waals surface area contributed by atoms with Crippen LogP contribution in [0.5, 0.6) is 0 Å². The molecule has 3 atom stereocenters. The van der Waals surface area contributed by atoms with Crippen molar-refractivity contribution >= 4 is 50.2 Å². The number of pyridine rings is 1. The Morgan fingerprint density at radius 2 is 1.81 bits per heavy atom. The number of piperidine rings is 1. The molecule has 6 rings (SSSR count). The van der Waals surface area contributed by atoms with Gasteiger partial charge in [-0.2, -0.15) is 5.10 Å². The van der Waals surface area contributed by atoms with Crippen LogP contribution < -0.4 is 5.32 Å². The number of aromatic nitrogens is 5. The lowest BCUT2D eigenvalue weighted by Crippen LogP contribution is -2.58. The van der Waals surface area contributed by atoms with Crippen molar-refractivity contribution in [2.24, 2.45) is 5.41 Å². The lowest BCUT2D eigenvalue weighted by molar-refractivity contribution is -0.169. The zero-order valence-corrected chi connectivity index (χ0v) is 25.6. The topological polar surface area (TPSA) is 163 Å². The Hall–Kier alpha value is -4.07. The third-order valence-corrected chi connectivity index (χ3v) is 8.91. The summed E-state index contributed by atoms with van der Waals surface area (Å²) in [6, 6.07) is 6.69. The highest BCUT2D eigenvalue weighted by Crippen LogP contribution is 2.62. The van der Waals surface area contributed by atoms with Gasteiger partial charge in [-0.25, -0.2) is 15.0 Å². The molecule has 12 nitrogen and oxygen atoms in total. The van der Waals surface area contributed by atoms with Crippen molar-refractivity contribution in [2.75, 3.05) is 11.9 Å². The van der Waals surface area contributed by atoms with Crippen molar-refractivity contribution in [3.63, 3.8) is 0 Å². The highest BCUT2D eigenvalue weighted by atomic mass is 79.9. The van der Waals surface area contributed by atoms with Crippen molar-refractivity contribution in [3.05, 3.63) is 63.9 Å². The van der Waals surface area contributed by atoms with E-state index >= 15 is 0 Å². The van der Waals surface area contributed by atoms with E-state index in [1.807, 2.05) is 19.1 Å². The monoisotopic (exact) mass is 647 g/mol. The number of Topliss-reactive ketones (excluding diaryl/α,β-unsaturated/α-hetero) is 1. The number of rotatable bonds is 7. The van der Waals surface area contributed by atoms with E-state index in [0.717, 1.165) is 16.7 Å². The Labute approximate surface area is 255 Å². The Bertz CT molecular complexity index is 1820. The lowest BCUT2D eigenvalue weighted by atomic mass is 9.97. The molecule has 3 N–H and O–H groups in total. The van der Waals surface area contributed by atoms with Crippen molar-refractivity contribution in [2.45, 2.75) is 58.8 Å². The molecule has 0 bridgehead atoms. The van der Waals surface area contributed by atoms with Crippen LogP contribution in [0.15, 0.2) is 41.3 Å². The van der Waals surface area contributed by atoms with Crippen molar-refractivity contribution in [3.8, 4) is 11.1 Å². The normalized spacial score (nSPS) is 22.5. The van der Waals surface area contributed by atoms with Gasteiger partial charge in [-0.15, -0.1) is 0 Å². The number of carbonyl (C=O) groups is 3. The van der Waals surface area contributed by atoms with E-state index in [-0.39, 0.29) is 36.9 Å². The SMILES string of the molecule is CC(=O)c1nn(CC(=O)N2[C@@H]3C[C@]3(CO)C[C@@]2(O)C(=O)Nc2nc(Br)ccc2C)c2c(C)cc(-c3cnc(C)nc3)cc12. The summed E-state index contributed by atoms with van der Waals surface area (Å²) < 4.78 is 1.94. The quantitative estimate of drug-likeness (QED) is 0.202. The highest BCUT2D eigenvalue weighted by molar-refractivity contribution is 9.10. The Morgan fingerprint density at radius 1 is 1.09 bits per heavy atom. The molecular formula is C30H30BrN7O5. The van der Waals surface area contributed by atoms with Gasteiger partial charge in [0.15, 0.2) is 5.78 Å². The summed E-state index contributed by atoms with van der Waals surface area (Å²) in [5.41, 5.74) is 0.784. The predicted octanol–water partition coefficient (Wildman–Crippen LogP) is 3.09. The first-order chi connectivity index (χ1) is 20.4. The van der Waals surface area contributed by atoms with Gasteiger partial charge in [0.05, 0.1) is 12.1 Å². The minimum absolute atomic E-state index is 0.120. The molecule has 4 heterocycles. The maximum Gasteiger partial charge on any atom is 0.278 e. The van der Waals surface area contributed by atoms with Gasteiger partial charge in [0.25, 0.3) is 5.91 Å². The first-order valence-electron chi connectivity index (χ1n) is 13.8. The molecule has 2 fully saturated rings. The number of fused-ring (bicyclic) bond motifs is 2. The summed E-state index contributed by atoms with van der Waals surface area (Å²) in [4.78, 5) is 54.2. The number of amides is 2. The Kier molecular flexibility index (Phi) is 6.94. The molecule has 1 aliphatic carbocycles. The molecule has 4 aromatic rings. The third-order valence-electron chi connectivity index (χ3n) is 8.46. The number of benzene rings is 1. The molecule has 1 aliphatic heterocycles. The van der Waals surface area contributed by atoms with Gasteiger partial charge in [-0.1, -0.05) is 6.07 Å². The molecule has 2 aliphatic rings. The molecule has 0 spiro atoms. The summed E-state index contributed by atoms with van der Waals surface area (Å²) in [6.45, 7) is 6.21. The Morgan fingerprint density at radius 3 is 2.49 bits per heavy atom. The maximum atomic E-state index is 14.0. The number of aliphatic hydroxyl groups excluding tert-OH is 1. The number of hydrogen-bond donors (Lipinski definition) is 3. The van der Waals surface area contributed by atoms with Crippen LogP contribution in [0.4, 0.5) is 5.82 Å². The molecule has 43 heavy (non-hydrogen) atoms. The molecule has 222 valence electrons. The fraction of sp³-hybridized carbons (Fsp3) is 0.367. The van der Waals surface area contributed by atoms with E-state index in [0.29, 0.717) is 33.3 Å². The van der Waals surface area contributed by atoms with Crippen LogP contribution in [-0.4, -0.2) is 75.8 Å². The van der Waals surface area contributed by atoms with Gasteiger partial charge in [0.2, 0.25) is 11.6 Å². The van der Waals surface area contributed by atoms with E-state index in [4.69, 9.17) is 0 Å². The smallest absolute Gasteiger partial charge is 0.278 e. The molecule has 1 saturated heterocycles. The average molecular weight is 649 g/mol. The van der Waals surface area contributed by atoms with E-state index in [1.165, 1.54) is 16.5 Å². The minimum Gasteiger partial charge on any atom is -0.396 e. The number of anilines is 1. The number of carbonyl (C=O) groups excluding carboxylic acids is 3. The molecule has 13 heteroatoms. The molecule has 1 saturated carbocycles. The second-order valence-corrected chi connectivity index (χ2v) is 12.3. The molecule has 2 amide bonds. The standard InChI is InChI=1S/C30H30BrN7O5/c1-15-5-6-23(31)34-27(15)35-28(42)30(43)13-29(14-39)9-22(29)38(30)24(41)12-37-26-16(2)7-19(20-10-32-18(4)33-11-20)8-21(26)25(36-37)17(3)40/h5-8,10-11,22,39,43H,9,12-14H2,1-4H3,(H,34,35,42)/t22-,29-,30-/m1/s1. The van der Waals surface area contributed by atoms with Crippen molar-refractivity contribution in [1.29, 1.82) is 0 Å². The summed E-state index contributed by atoms with van der Waals surface area (Å²) >= 11 is 3.29. The van der Waals surface area contributed by atoms with Crippen molar-refractivity contribution < 1.29 is 24.6 Å². The second-order valence-electron chi connectivity index (χ2n) is 11.5. The number of hydrogen-bond acceptors (Lipinski definition) is 9. The molecular weight excluding hydrogens is 618 g/mol. The number of aliphatic hydroxyl groups is 2. The van der Waals surface area contributed by atoms with E-state index < -0.39 is 29.0 Å². The summed E-state index contributed by atoms with van der Waals surface area (Å²) in [6.07, 6.45) is 3.75. The van der Waals surface area contributed by atoms with Gasteiger partial charge >= 0.3 is 0 Å². The predicted molar refractivity (Wildman–Crippen MR) is 160 cm³/mol. The Balaban J connectivity index is 1.36. The van der Waals surface area contributed by atoms with Crippen LogP contribution in [0, 0.1) is 26.2 Å². The lowest BCUT2D eigenvalue weighted by Gasteiger charge is -2.35. The van der Waals surface area contributed by atoms with Crippen LogP contribution in [0.3, 0.4) is 0 Å². The molecule has 0 radical (unpaired) electrons. The number of aryl methyl sites for hydroxylation is 3. The van der Waals surface area contributed by atoms with Crippen molar-refractivity contribution in [1.82, 2.24) is 29.6 Å². The first kappa shape index (κ1) is 29.0. The second kappa shape index (κ2) is 10.3. The number of ketones is 1. The van der Waals surface area contributed by atoms with Gasteiger partial charge in [-0.3, -0.25) is 19.1 Å². The zero-order valence-electron chi connectivity index (χ0n) is 24.1. The van der Waals surface area contributed by atoms with Gasteiger partial charge in [0, 0.05) is 48.1 Å². The first-order valence-corrected chi connectivity index (χ1v) is 14.6. The molecule has 1 aromatic carbocycles. The third kappa shape index (κ3) is 4.81.